The average Bonchev–Trinajstić information content (AvgIpc) is 3.53. The maximum atomic E-state index is 13.1. The second-order valence-electron chi connectivity index (χ2n) is 12.0. The second-order valence-corrected chi connectivity index (χ2v) is 12.8. The Labute approximate surface area is 298 Å². The van der Waals surface area contributed by atoms with Crippen LogP contribution in [0.15, 0.2) is 77.9 Å². The number of nitrogens with zero attached hydrogens (tertiary/aromatic N) is 3. The Morgan fingerprint density at radius 1 is 0.980 bits per heavy atom. The fourth-order valence-electron chi connectivity index (χ4n) is 6.03. The highest BCUT2D eigenvalue weighted by Gasteiger charge is 2.21. The highest BCUT2D eigenvalue weighted by atomic mass is 35.5. The van der Waals surface area contributed by atoms with Crippen LogP contribution in [0.5, 0.6) is 5.88 Å². The Balaban J connectivity index is 1.22. The number of aromatic nitrogens is 3. The van der Waals surface area contributed by atoms with Crippen LogP contribution >= 0.6 is 23.2 Å². The van der Waals surface area contributed by atoms with Crippen LogP contribution in [0.4, 0.5) is 0 Å². The topological polar surface area (TPSA) is 147 Å². The van der Waals surface area contributed by atoms with E-state index >= 15 is 0 Å². The van der Waals surface area contributed by atoms with E-state index in [1.165, 1.54) is 10.6 Å². The summed E-state index contributed by atoms with van der Waals surface area (Å²) in [5, 5.41) is 19.2. The number of fused-ring (bicyclic) bond motifs is 1. The molecule has 0 radical (unpaired) electrons. The molecule has 5 aromatic rings. The first-order chi connectivity index (χ1) is 24.2. The van der Waals surface area contributed by atoms with Crippen LogP contribution in [0.25, 0.3) is 39.2 Å². The summed E-state index contributed by atoms with van der Waals surface area (Å²) < 4.78 is 7.11. The Morgan fingerprint density at radius 2 is 1.70 bits per heavy atom. The van der Waals surface area contributed by atoms with Gasteiger partial charge in [-0.05, 0) is 43.1 Å². The molecule has 11 nitrogen and oxygen atoms in total. The molecule has 4 heterocycles. The Morgan fingerprint density at radius 3 is 2.42 bits per heavy atom. The molecule has 1 aliphatic rings. The van der Waals surface area contributed by atoms with E-state index in [9.17, 15) is 14.4 Å². The molecule has 6 rings (SSSR count). The summed E-state index contributed by atoms with van der Waals surface area (Å²) in [5.41, 5.74) is 5.99. The Bertz CT molecular complexity index is 2120. The van der Waals surface area contributed by atoms with Crippen LogP contribution in [-0.2, 0) is 22.7 Å². The van der Waals surface area contributed by atoms with Gasteiger partial charge in [-0.3, -0.25) is 18.8 Å². The molecule has 0 bridgehead atoms. The highest BCUT2D eigenvalue weighted by molar-refractivity contribution is 6.39. The zero-order chi connectivity index (χ0) is 35.2. The summed E-state index contributed by atoms with van der Waals surface area (Å²) in [7, 11) is 1.58. The van der Waals surface area contributed by atoms with Gasteiger partial charge in [-0.25, -0.2) is 9.97 Å². The van der Waals surface area contributed by atoms with Crippen LogP contribution in [0.2, 0.25) is 10.0 Å². The summed E-state index contributed by atoms with van der Waals surface area (Å²) in [4.78, 5) is 44.6. The number of carbonyl (C=O) groups is 2. The third kappa shape index (κ3) is 7.81. The van der Waals surface area contributed by atoms with Crippen molar-refractivity contribution < 1.29 is 19.4 Å². The Kier molecular flexibility index (Phi) is 11.1. The van der Waals surface area contributed by atoms with Gasteiger partial charge in [0.1, 0.15) is 5.65 Å². The monoisotopic (exact) mass is 714 g/mol. The molecule has 13 heteroatoms. The lowest BCUT2D eigenvalue weighted by molar-refractivity contribution is -0.137. The molecule has 4 N–H and O–H groups in total. The summed E-state index contributed by atoms with van der Waals surface area (Å²) in [6, 6.07) is 19.1. The molecule has 0 spiro atoms. The number of halogens is 2. The first-order valence-corrected chi connectivity index (χ1v) is 17.0. The number of nitrogens with one attached hydrogen (secondary N) is 3. The standard InChI is InChI=1S/C37H36Cl2N6O5/c1-50-36-23(18-41-21-25-11-13-32(46)43-25)10-12-30(44-36)29-8-3-7-28(35(29)39)27-6-2-5-26(34(27)38)22-14-16-45-31(17-22)42-20-24(37(45)49)19-40-15-4-9-33(47)48/h2-3,5-8,10,12,14,16-17,20,25,40-41H,4,9,11,13,15,18-19,21H2,1H3,(H,43,46)(H,47,48)/t25-/m0/s1. The van der Waals surface area contributed by atoms with Crippen molar-refractivity contribution in [2.24, 2.45) is 0 Å². The predicted octanol–water partition coefficient (Wildman–Crippen LogP) is 5.73. The lowest BCUT2D eigenvalue weighted by Gasteiger charge is -2.16. The maximum absolute atomic E-state index is 13.1. The van der Waals surface area contributed by atoms with Gasteiger partial charge in [0, 0.05) is 84.3 Å². The lowest BCUT2D eigenvalue weighted by Crippen LogP contribution is -2.35. The quantitative estimate of drug-likeness (QED) is 0.106. The van der Waals surface area contributed by atoms with E-state index < -0.39 is 5.97 Å². The van der Waals surface area contributed by atoms with Gasteiger partial charge in [0.15, 0.2) is 0 Å². The number of hydrogen-bond donors (Lipinski definition) is 4. The fourth-order valence-corrected chi connectivity index (χ4v) is 6.69. The highest BCUT2D eigenvalue weighted by Crippen LogP contribution is 2.42. The molecule has 0 unspecified atom stereocenters. The van der Waals surface area contributed by atoms with Gasteiger partial charge >= 0.3 is 5.97 Å². The number of amides is 1. The maximum Gasteiger partial charge on any atom is 0.303 e. The van der Waals surface area contributed by atoms with Gasteiger partial charge in [-0.2, -0.15) is 0 Å². The summed E-state index contributed by atoms with van der Waals surface area (Å²) in [6.07, 6.45) is 5.13. The Hall–Kier alpha value is -4.81. The average molecular weight is 716 g/mol. The number of ether oxygens (including phenoxy) is 1. The van der Waals surface area contributed by atoms with Crippen molar-refractivity contribution in [3.8, 4) is 39.4 Å². The van der Waals surface area contributed by atoms with Gasteiger partial charge in [-0.15, -0.1) is 0 Å². The molecule has 1 atom stereocenters. The van der Waals surface area contributed by atoms with Gasteiger partial charge in [0.05, 0.1) is 22.8 Å². The number of carboxylic acids is 1. The van der Waals surface area contributed by atoms with Crippen LogP contribution in [-0.4, -0.2) is 57.6 Å². The molecule has 1 saturated heterocycles. The predicted molar refractivity (Wildman–Crippen MR) is 194 cm³/mol. The minimum atomic E-state index is -0.851. The summed E-state index contributed by atoms with van der Waals surface area (Å²) in [5.74, 6) is -0.282. The number of carboxylic acid groups (broad SMARTS) is 1. The zero-order valence-corrected chi connectivity index (χ0v) is 28.9. The van der Waals surface area contributed by atoms with Crippen LogP contribution in [0.1, 0.15) is 36.8 Å². The van der Waals surface area contributed by atoms with Crippen LogP contribution in [0, 0.1) is 0 Å². The number of methoxy groups -OCH3 is 1. The first-order valence-electron chi connectivity index (χ1n) is 16.3. The molecule has 50 heavy (non-hydrogen) atoms. The smallest absolute Gasteiger partial charge is 0.303 e. The molecule has 3 aromatic heterocycles. The third-order valence-electron chi connectivity index (χ3n) is 8.64. The number of benzene rings is 2. The number of pyridine rings is 2. The van der Waals surface area contributed by atoms with Gasteiger partial charge in [-0.1, -0.05) is 65.7 Å². The first kappa shape index (κ1) is 35.0. The molecule has 2 aromatic carbocycles. The van der Waals surface area contributed by atoms with E-state index in [1.54, 1.807) is 13.3 Å². The van der Waals surface area contributed by atoms with E-state index in [0.29, 0.717) is 65.3 Å². The number of rotatable bonds is 14. The molecule has 1 aliphatic heterocycles. The largest absolute Gasteiger partial charge is 0.481 e. The van der Waals surface area contributed by atoms with Crippen molar-refractivity contribution in [3.63, 3.8) is 0 Å². The molecular formula is C37H36Cl2N6O5. The summed E-state index contributed by atoms with van der Waals surface area (Å²) in [6.45, 7) is 1.96. The van der Waals surface area contributed by atoms with Crippen LogP contribution in [0.3, 0.4) is 0 Å². The minimum absolute atomic E-state index is 0.0654. The van der Waals surface area contributed by atoms with E-state index in [0.717, 1.165) is 39.8 Å². The van der Waals surface area contributed by atoms with Crippen LogP contribution < -0.4 is 26.2 Å². The van der Waals surface area contributed by atoms with Crippen molar-refractivity contribution in [1.82, 2.24) is 30.3 Å². The van der Waals surface area contributed by atoms with E-state index in [4.69, 9.17) is 38.0 Å². The molecule has 1 fully saturated rings. The van der Waals surface area contributed by atoms with E-state index in [-0.39, 0.29) is 30.5 Å². The van der Waals surface area contributed by atoms with Crippen molar-refractivity contribution in [3.05, 3.63) is 105 Å². The van der Waals surface area contributed by atoms with Crippen molar-refractivity contribution >= 4 is 40.7 Å². The second kappa shape index (κ2) is 15.8. The van der Waals surface area contributed by atoms with E-state index in [1.807, 2.05) is 60.7 Å². The fraction of sp³-hybridized carbons (Fsp3) is 0.270. The zero-order valence-electron chi connectivity index (χ0n) is 27.3. The van der Waals surface area contributed by atoms with Gasteiger partial charge in [0.25, 0.3) is 5.56 Å². The van der Waals surface area contributed by atoms with Gasteiger partial charge < -0.3 is 25.8 Å². The molecule has 0 saturated carbocycles. The van der Waals surface area contributed by atoms with Crippen molar-refractivity contribution in [2.45, 2.75) is 44.8 Å². The third-order valence-corrected chi connectivity index (χ3v) is 9.45. The van der Waals surface area contributed by atoms with Crippen molar-refractivity contribution in [2.75, 3.05) is 20.2 Å². The molecular weight excluding hydrogens is 679 g/mol. The molecule has 1 amide bonds. The number of hydrogen-bond acceptors (Lipinski definition) is 8. The SMILES string of the molecule is COc1nc(-c2cccc(-c3cccc(-c4ccn5c(=O)c(CNCCCC(=O)O)cnc5c4)c3Cl)c2Cl)ccc1CNC[C@@H]1CCC(=O)N1. The number of carbonyl (C=O) groups excluding carboxylic acids is 1. The minimum Gasteiger partial charge on any atom is -0.481 e. The lowest BCUT2D eigenvalue weighted by atomic mass is 9.97. The molecule has 0 aliphatic carbocycles. The van der Waals surface area contributed by atoms with Gasteiger partial charge in [0.2, 0.25) is 11.8 Å². The molecule has 258 valence electrons. The van der Waals surface area contributed by atoms with E-state index in [2.05, 4.69) is 20.9 Å². The van der Waals surface area contributed by atoms with Crippen molar-refractivity contribution in [1.29, 1.82) is 0 Å². The normalized spacial score (nSPS) is 14.2. The number of aliphatic carboxylic acids is 1. The summed E-state index contributed by atoms with van der Waals surface area (Å²) >= 11 is 14.1.